The lowest BCUT2D eigenvalue weighted by atomic mass is 9.94. The number of hydrogen-bond acceptors (Lipinski definition) is 3. The molecule has 2 fully saturated rings. The summed E-state index contributed by atoms with van der Waals surface area (Å²) in [6.45, 7) is 4.56. The summed E-state index contributed by atoms with van der Waals surface area (Å²) in [5.74, 6) is -0.438. The number of amides is 1. The molecular weight excluding hydrogens is 244 g/mol. The number of carboxylic acid groups (broad SMARTS) is 1. The summed E-state index contributed by atoms with van der Waals surface area (Å²) in [7, 11) is 0. The zero-order valence-electron chi connectivity index (χ0n) is 11.6. The first-order valence-corrected chi connectivity index (χ1v) is 7.32. The third-order valence-electron chi connectivity index (χ3n) is 4.56. The third kappa shape index (κ3) is 3.47. The number of piperidine rings is 1. The first kappa shape index (κ1) is 14.3. The highest BCUT2D eigenvalue weighted by Gasteiger charge is 2.37. The molecule has 0 aromatic carbocycles. The molecule has 0 aliphatic carbocycles. The fourth-order valence-electron chi connectivity index (χ4n) is 3.26. The normalized spacial score (nSPS) is 31.4. The molecule has 2 aliphatic heterocycles. The Morgan fingerprint density at radius 2 is 2.16 bits per heavy atom. The monoisotopic (exact) mass is 268 g/mol. The summed E-state index contributed by atoms with van der Waals surface area (Å²) in [5.41, 5.74) is 0. The van der Waals surface area contributed by atoms with Gasteiger partial charge in [0.1, 0.15) is 0 Å². The van der Waals surface area contributed by atoms with E-state index in [1.54, 1.807) is 4.90 Å². The van der Waals surface area contributed by atoms with E-state index in [0.717, 1.165) is 19.5 Å². The molecule has 0 bridgehead atoms. The van der Waals surface area contributed by atoms with Gasteiger partial charge in [0.15, 0.2) is 0 Å². The van der Waals surface area contributed by atoms with E-state index in [2.05, 4.69) is 5.32 Å². The summed E-state index contributed by atoms with van der Waals surface area (Å²) >= 11 is 0. The van der Waals surface area contributed by atoms with Gasteiger partial charge in [0.05, 0.1) is 5.92 Å². The Labute approximate surface area is 114 Å². The number of likely N-dealkylation sites (tertiary alicyclic amines) is 1. The standard InChI is InChI=1S/C14H24N2O3/c1-10-12(14(18)19)6-8-16(10)13(17)5-4-11-3-2-7-15-9-11/h10-12,15H,2-9H2,1H3,(H,18,19). The van der Waals surface area contributed by atoms with Crippen molar-refractivity contribution < 1.29 is 14.7 Å². The average Bonchev–Trinajstić information content (AvgIpc) is 2.79. The second-order valence-electron chi connectivity index (χ2n) is 5.81. The van der Waals surface area contributed by atoms with E-state index in [1.807, 2.05) is 6.92 Å². The van der Waals surface area contributed by atoms with Crippen LogP contribution in [0, 0.1) is 11.8 Å². The van der Waals surface area contributed by atoms with Crippen molar-refractivity contribution in [2.45, 2.75) is 45.1 Å². The molecular formula is C14H24N2O3. The van der Waals surface area contributed by atoms with E-state index in [-0.39, 0.29) is 17.9 Å². The SMILES string of the molecule is CC1C(C(=O)O)CCN1C(=O)CCC1CCCNC1. The summed E-state index contributed by atoms with van der Waals surface area (Å²) in [6, 6.07) is -0.158. The van der Waals surface area contributed by atoms with Gasteiger partial charge in [0.25, 0.3) is 0 Å². The topological polar surface area (TPSA) is 69.6 Å². The number of carboxylic acids is 1. The highest BCUT2D eigenvalue weighted by atomic mass is 16.4. The van der Waals surface area contributed by atoms with Crippen LogP contribution in [-0.2, 0) is 9.59 Å². The number of aliphatic carboxylic acids is 1. The van der Waals surface area contributed by atoms with Crippen molar-refractivity contribution >= 4 is 11.9 Å². The maximum Gasteiger partial charge on any atom is 0.308 e. The van der Waals surface area contributed by atoms with E-state index in [1.165, 1.54) is 12.8 Å². The van der Waals surface area contributed by atoms with Gasteiger partial charge in [-0.2, -0.15) is 0 Å². The zero-order valence-corrected chi connectivity index (χ0v) is 11.6. The zero-order chi connectivity index (χ0) is 13.8. The molecule has 0 spiro atoms. The van der Waals surface area contributed by atoms with Gasteiger partial charge < -0.3 is 15.3 Å². The second-order valence-corrected chi connectivity index (χ2v) is 5.81. The summed E-state index contributed by atoms with van der Waals surface area (Å²) < 4.78 is 0. The first-order valence-electron chi connectivity index (χ1n) is 7.32. The van der Waals surface area contributed by atoms with Crippen molar-refractivity contribution in [3.05, 3.63) is 0 Å². The Balaban J connectivity index is 1.78. The van der Waals surface area contributed by atoms with E-state index in [0.29, 0.717) is 25.3 Å². The minimum absolute atomic E-state index is 0.127. The smallest absolute Gasteiger partial charge is 0.308 e. The van der Waals surface area contributed by atoms with E-state index < -0.39 is 5.97 Å². The number of nitrogens with zero attached hydrogens (tertiary/aromatic N) is 1. The van der Waals surface area contributed by atoms with Crippen molar-refractivity contribution in [3.8, 4) is 0 Å². The first-order chi connectivity index (χ1) is 9.09. The fourth-order valence-corrected chi connectivity index (χ4v) is 3.26. The molecule has 0 aromatic rings. The lowest BCUT2D eigenvalue weighted by Gasteiger charge is -2.26. The number of rotatable bonds is 4. The molecule has 2 aliphatic rings. The molecule has 3 unspecified atom stereocenters. The van der Waals surface area contributed by atoms with Crippen molar-refractivity contribution in [2.24, 2.45) is 11.8 Å². The van der Waals surface area contributed by atoms with Gasteiger partial charge in [-0.3, -0.25) is 9.59 Å². The van der Waals surface area contributed by atoms with Crippen LogP contribution in [0.2, 0.25) is 0 Å². The Morgan fingerprint density at radius 3 is 2.74 bits per heavy atom. The number of nitrogens with one attached hydrogen (secondary N) is 1. The van der Waals surface area contributed by atoms with Crippen LogP contribution in [0.5, 0.6) is 0 Å². The molecule has 2 rings (SSSR count). The fraction of sp³-hybridized carbons (Fsp3) is 0.857. The van der Waals surface area contributed by atoms with Crippen LogP contribution in [0.25, 0.3) is 0 Å². The molecule has 5 nitrogen and oxygen atoms in total. The van der Waals surface area contributed by atoms with Crippen molar-refractivity contribution in [3.63, 3.8) is 0 Å². The molecule has 2 N–H and O–H groups in total. The van der Waals surface area contributed by atoms with Crippen LogP contribution in [-0.4, -0.2) is 47.6 Å². The quantitative estimate of drug-likeness (QED) is 0.800. The molecule has 108 valence electrons. The van der Waals surface area contributed by atoms with Gasteiger partial charge in [0.2, 0.25) is 5.91 Å². The summed E-state index contributed by atoms with van der Waals surface area (Å²) in [5, 5.41) is 12.4. The highest BCUT2D eigenvalue weighted by Crippen LogP contribution is 2.26. The number of hydrogen-bond donors (Lipinski definition) is 2. The largest absolute Gasteiger partial charge is 0.481 e. The predicted molar refractivity (Wildman–Crippen MR) is 71.7 cm³/mol. The van der Waals surface area contributed by atoms with Crippen molar-refractivity contribution in [2.75, 3.05) is 19.6 Å². The predicted octanol–water partition coefficient (Wildman–Crippen LogP) is 1.09. The van der Waals surface area contributed by atoms with Crippen LogP contribution in [0.4, 0.5) is 0 Å². The van der Waals surface area contributed by atoms with Crippen LogP contribution in [0.1, 0.15) is 39.0 Å². The van der Waals surface area contributed by atoms with Crippen LogP contribution >= 0.6 is 0 Å². The van der Waals surface area contributed by atoms with Crippen molar-refractivity contribution in [1.82, 2.24) is 10.2 Å². The summed E-state index contributed by atoms with van der Waals surface area (Å²) in [4.78, 5) is 25.0. The maximum atomic E-state index is 12.2. The Morgan fingerprint density at radius 1 is 1.37 bits per heavy atom. The van der Waals surface area contributed by atoms with Gasteiger partial charge in [0, 0.05) is 19.0 Å². The van der Waals surface area contributed by atoms with Crippen molar-refractivity contribution in [1.29, 1.82) is 0 Å². The molecule has 0 saturated carbocycles. The molecule has 19 heavy (non-hydrogen) atoms. The molecule has 0 radical (unpaired) electrons. The lowest BCUT2D eigenvalue weighted by Crippen LogP contribution is -2.38. The van der Waals surface area contributed by atoms with Gasteiger partial charge in [-0.15, -0.1) is 0 Å². The minimum Gasteiger partial charge on any atom is -0.481 e. The molecule has 2 saturated heterocycles. The third-order valence-corrected chi connectivity index (χ3v) is 4.56. The van der Waals surface area contributed by atoms with Crippen LogP contribution < -0.4 is 5.32 Å². The molecule has 1 amide bonds. The lowest BCUT2D eigenvalue weighted by molar-refractivity contribution is -0.143. The van der Waals surface area contributed by atoms with Gasteiger partial charge in [-0.05, 0) is 51.6 Å². The van der Waals surface area contributed by atoms with Crippen LogP contribution in [0.15, 0.2) is 0 Å². The number of carbonyl (C=O) groups excluding carboxylic acids is 1. The van der Waals surface area contributed by atoms with Gasteiger partial charge >= 0.3 is 5.97 Å². The van der Waals surface area contributed by atoms with E-state index >= 15 is 0 Å². The minimum atomic E-state index is -0.778. The maximum absolute atomic E-state index is 12.2. The molecule has 3 atom stereocenters. The van der Waals surface area contributed by atoms with E-state index in [9.17, 15) is 9.59 Å². The van der Waals surface area contributed by atoms with Gasteiger partial charge in [-0.1, -0.05) is 0 Å². The average molecular weight is 268 g/mol. The Bertz CT molecular complexity index is 340. The van der Waals surface area contributed by atoms with Crippen LogP contribution in [0.3, 0.4) is 0 Å². The van der Waals surface area contributed by atoms with E-state index in [4.69, 9.17) is 5.11 Å². The second kappa shape index (κ2) is 6.37. The Hall–Kier alpha value is -1.10. The Kier molecular flexibility index (Phi) is 4.80. The molecule has 5 heteroatoms. The van der Waals surface area contributed by atoms with Gasteiger partial charge in [-0.25, -0.2) is 0 Å². The molecule has 2 heterocycles. The number of carbonyl (C=O) groups is 2. The summed E-state index contributed by atoms with van der Waals surface area (Å²) in [6.07, 6.45) is 4.47. The molecule has 0 aromatic heterocycles. The highest BCUT2D eigenvalue weighted by molar-refractivity contribution is 5.79.